The molecular formula is C21H24N2O8. The van der Waals surface area contributed by atoms with Crippen molar-refractivity contribution in [3.63, 3.8) is 0 Å². The number of carbonyl (C=O) groups excluding carboxylic acids is 2. The smallest absolute Gasteiger partial charge is 0.328 e. The molecule has 0 aromatic heterocycles. The van der Waals surface area contributed by atoms with Gasteiger partial charge in [0.25, 0.3) is 0 Å². The molecule has 0 spiro atoms. The maximum atomic E-state index is 13.1. The third-order valence-electron chi connectivity index (χ3n) is 4.67. The van der Waals surface area contributed by atoms with Crippen LogP contribution in [0.4, 0.5) is 0 Å². The maximum Gasteiger partial charge on any atom is 0.328 e. The number of rotatable bonds is 10. The lowest BCUT2D eigenvalue weighted by molar-refractivity contribution is -0.143. The monoisotopic (exact) mass is 432 g/mol. The van der Waals surface area contributed by atoms with Crippen molar-refractivity contribution < 1.29 is 39.6 Å². The molecule has 4 atom stereocenters. The number of aliphatic carboxylic acids is 2. The number of aliphatic hydroxyl groups is 2. The average molecular weight is 432 g/mol. The number of hydrogen-bond donors (Lipinski definition) is 6. The summed E-state index contributed by atoms with van der Waals surface area (Å²) >= 11 is 0. The van der Waals surface area contributed by atoms with Crippen LogP contribution in [0.2, 0.25) is 0 Å². The average Bonchev–Trinajstić information content (AvgIpc) is 2.68. The summed E-state index contributed by atoms with van der Waals surface area (Å²) in [5.41, 5.74) is -0.0772. The third kappa shape index (κ3) is 5.77. The van der Waals surface area contributed by atoms with Crippen molar-refractivity contribution in [2.75, 3.05) is 0 Å². The van der Waals surface area contributed by atoms with Gasteiger partial charge in [-0.3, -0.25) is 9.59 Å². The molecule has 0 radical (unpaired) electrons. The van der Waals surface area contributed by atoms with Gasteiger partial charge in [-0.2, -0.15) is 0 Å². The molecule has 1 aliphatic carbocycles. The number of benzene rings is 1. The molecule has 10 nitrogen and oxygen atoms in total. The first kappa shape index (κ1) is 23.8. The maximum absolute atomic E-state index is 13.1. The van der Waals surface area contributed by atoms with Crippen LogP contribution in [0.3, 0.4) is 0 Å². The van der Waals surface area contributed by atoms with Crippen molar-refractivity contribution in [3.05, 3.63) is 58.9 Å². The second-order valence-corrected chi connectivity index (χ2v) is 7.17. The van der Waals surface area contributed by atoms with E-state index in [0.29, 0.717) is 5.56 Å². The van der Waals surface area contributed by atoms with Crippen molar-refractivity contribution in [2.24, 2.45) is 0 Å². The fraction of sp³-hybridized carbons (Fsp3) is 0.333. The lowest BCUT2D eigenvalue weighted by Crippen LogP contribution is -2.49. The summed E-state index contributed by atoms with van der Waals surface area (Å²) in [5, 5.41) is 42.8. The highest BCUT2D eigenvalue weighted by molar-refractivity contribution is 6.22. The van der Waals surface area contributed by atoms with Crippen LogP contribution in [0.25, 0.3) is 0 Å². The largest absolute Gasteiger partial charge is 0.480 e. The number of carboxylic acid groups (broad SMARTS) is 2. The van der Waals surface area contributed by atoms with Crippen LogP contribution >= 0.6 is 0 Å². The molecule has 166 valence electrons. The Morgan fingerprint density at radius 1 is 0.903 bits per heavy atom. The van der Waals surface area contributed by atoms with Crippen molar-refractivity contribution in [3.8, 4) is 0 Å². The minimum atomic E-state index is -1.55. The van der Waals surface area contributed by atoms with Gasteiger partial charge in [0.05, 0.1) is 23.6 Å². The Labute approximate surface area is 177 Å². The lowest BCUT2D eigenvalue weighted by atomic mass is 9.90. The number of Topliss-reactive ketones (excluding diaryl/α,β-unsaturated/α-hetero) is 1. The van der Waals surface area contributed by atoms with E-state index in [2.05, 4.69) is 10.6 Å². The molecule has 0 saturated heterocycles. The van der Waals surface area contributed by atoms with Crippen molar-refractivity contribution >= 4 is 23.5 Å². The van der Waals surface area contributed by atoms with Gasteiger partial charge in [-0.25, -0.2) is 9.59 Å². The highest BCUT2D eigenvalue weighted by atomic mass is 16.4. The Bertz CT molecular complexity index is 934. The van der Waals surface area contributed by atoms with Gasteiger partial charge in [-0.05, 0) is 19.4 Å². The number of hydrogen-bond acceptors (Lipinski definition) is 8. The molecule has 10 heteroatoms. The van der Waals surface area contributed by atoms with Crippen molar-refractivity contribution in [2.45, 2.75) is 44.6 Å². The molecule has 0 heterocycles. The summed E-state index contributed by atoms with van der Waals surface area (Å²) < 4.78 is 0. The van der Waals surface area contributed by atoms with Gasteiger partial charge in [0, 0.05) is 18.1 Å². The predicted molar refractivity (Wildman–Crippen MR) is 108 cm³/mol. The number of ketones is 2. The number of carboxylic acids is 2. The van der Waals surface area contributed by atoms with E-state index in [4.69, 9.17) is 0 Å². The number of nitrogens with one attached hydrogen (secondary N) is 2. The summed E-state index contributed by atoms with van der Waals surface area (Å²) in [7, 11) is 0. The Kier molecular flexibility index (Phi) is 7.67. The molecule has 0 aliphatic heterocycles. The van der Waals surface area contributed by atoms with Gasteiger partial charge in [-0.1, -0.05) is 30.3 Å². The molecule has 6 N–H and O–H groups in total. The van der Waals surface area contributed by atoms with Gasteiger partial charge >= 0.3 is 11.9 Å². The Balaban J connectivity index is 2.48. The van der Waals surface area contributed by atoms with Gasteiger partial charge in [0.15, 0.2) is 12.1 Å². The molecule has 0 saturated carbocycles. The van der Waals surface area contributed by atoms with Crippen molar-refractivity contribution in [1.29, 1.82) is 0 Å². The summed E-state index contributed by atoms with van der Waals surface area (Å²) in [4.78, 5) is 48.7. The molecule has 2 rings (SSSR count). The third-order valence-corrected chi connectivity index (χ3v) is 4.67. The van der Waals surface area contributed by atoms with Gasteiger partial charge in [0.2, 0.25) is 11.6 Å². The van der Waals surface area contributed by atoms with Crippen LogP contribution in [-0.4, -0.2) is 68.2 Å². The Morgan fingerprint density at radius 3 is 1.90 bits per heavy atom. The molecule has 31 heavy (non-hydrogen) atoms. The Hall–Kier alpha value is -3.50. The number of allylic oxidation sites excluding steroid dienone is 2. The quantitative estimate of drug-likeness (QED) is 0.261. The number of aliphatic hydroxyl groups excluding tert-OH is 2. The van der Waals surface area contributed by atoms with Gasteiger partial charge in [-0.15, -0.1) is 0 Å². The zero-order chi connectivity index (χ0) is 23.3. The van der Waals surface area contributed by atoms with Crippen molar-refractivity contribution in [1.82, 2.24) is 10.6 Å². The minimum Gasteiger partial charge on any atom is -0.480 e. The first-order valence-electron chi connectivity index (χ1n) is 9.45. The fourth-order valence-electron chi connectivity index (χ4n) is 3.03. The molecule has 0 unspecified atom stereocenters. The summed E-state index contributed by atoms with van der Waals surface area (Å²) in [5.74, 6) is -4.34. The summed E-state index contributed by atoms with van der Waals surface area (Å²) in [6, 6.07) is 5.50. The summed E-state index contributed by atoms with van der Waals surface area (Å²) in [6.07, 6.45) is -1.95. The molecule has 1 aromatic rings. The molecule has 0 amide bonds. The van der Waals surface area contributed by atoms with Gasteiger partial charge in [0.1, 0.15) is 0 Å². The topological polar surface area (TPSA) is 173 Å². The standard InChI is InChI=1S/C21H24N2O8/c1-10(24)16(20(28)29)22-14-9-15(26)18(23-17(11(2)25)21(30)31)13(19(14)27)8-12-6-4-3-5-7-12/h3-7,9-11,16-17,22-25H,8H2,1-2H3,(H,28,29)(H,30,31)/t10-,11-,16+,17+/m1/s1. The van der Waals surface area contributed by atoms with E-state index in [1.54, 1.807) is 30.3 Å². The number of carbonyl (C=O) groups is 4. The van der Waals surface area contributed by atoms with E-state index >= 15 is 0 Å². The zero-order valence-corrected chi connectivity index (χ0v) is 16.9. The molecule has 0 fully saturated rings. The molecule has 1 aliphatic rings. The summed E-state index contributed by atoms with van der Waals surface area (Å²) in [6.45, 7) is 2.44. The zero-order valence-electron chi connectivity index (χ0n) is 16.9. The molecule has 0 bridgehead atoms. The van der Waals surface area contributed by atoms with Crippen LogP contribution < -0.4 is 10.6 Å². The fourth-order valence-corrected chi connectivity index (χ4v) is 3.03. The normalized spacial score (nSPS) is 18.0. The van der Waals surface area contributed by atoms with E-state index in [1.807, 2.05) is 0 Å². The molecular weight excluding hydrogens is 408 g/mol. The molecule has 1 aromatic carbocycles. The highest BCUT2D eigenvalue weighted by Crippen LogP contribution is 2.22. The first-order chi connectivity index (χ1) is 14.5. The first-order valence-corrected chi connectivity index (χ1v) is 9.45. The van der Waals surface area contributed by atoms with Crippen LogP contribution in [0.15, 0.2) is 53.4 Å². The van der Waals surface area contributed by atoms with E-state index in [9.17, 15) is 39.6 Å². The minimum absolute atomic E-state index is 0.0503. The van der Waals surface area contributed by atoms with Crippen LogP contribution in [-0.2, 0) is 25.6 Å². The second kappa shape index (κ2) is 10.0. The lowest BCUT2D eigenvalue weighted by Gasteiger charge is -2.27. The predicted octanol–water partition coefficient (Wildman–Crippen LogP) is -0.634. The van der Waals surface area contributed by atoms with E-state index in [0.717, 1.165) is 6.08 Å². The Morgan fingerprint density at radius 2 is 1.42 bits per heavy atom. The highest BCUT2D eigenvalue weighted by Gasteiger charge is 2.35. The van der Waals surface area contributed by atoms with Crippen LogP contribution in [0.5, 0.6) is 0 Å². The SMILES string of the molecule is C[C@@H](O)[C@H](NC1=CC(=O)C(N[C@H](C(=O)O)[C@@H](C)O)=C(Cc2ccccc2)C1=O)C(=O)O. The van der Waals surface area contributed by atoms with Crippen LogP contribution in [0.1, 0.15) is 19.4 Å². The van der Waals surface area contributed by atoms with E-state index < -0.39 is 47.8 Å². The van der Waals surface area contributed by atoms with Gasteiger partial charge < -0.3 is 31.1 Å². The van der Waals surface area contributed by atoms with Crippen LogP contribution in [0, 0.1) is 0 Å². The van der Waals surface area contributed by atoms with E-state index in [1.165, 1.54) is 13.8 Å². The van der Waals surface area contributed by atoms with E-state index in [-0.39, 0.29) is 23.4 Å². The second-order valence-electron chi connectivity index (χ2n) is 7.17.